The van der Waals surface area contributed by atoms with Crippen molar-refractivity contribution in [2.75, 3.05) is 11.9 Å². The van der Waals surface area contributed by atoms with Crippen LogP contribution >= 0.6 is 0 Å². The number of nitrogens with zero attached hydrogens (tertiary/aromatic N) is 3. The van der Waals surface area contributed by atoms with Gasteiger partial charge in [0.1, 0.15) is 18.3 Å². The van der Waals surface area contributed by atoms with Crippen LogP contribution in [0.5, 0.6) is 0 Å². The van der Waals surface area contributed by atoms with E-state index < -0.39 is 46.7 Å². The Bertz CT molecular complexity index is 1240. The molecule has 0 aromatic carbocycles. The summed E-state index contributed by atoms with van der Waals surface area (Å²) in [5.41, 5.74) is -0.122. The lowest BCUT2D eigenvalue weighted by molar-refractivity contribution is -0.118. The molecule has 3 N–H and O–H groups in total. The molecule has 2 aromatic heterocycles. The van der Waals surface area contributed by atoms with E-state index in [0.29, 0.717) is 0 Å². The van der Waals surface area contributed by atoms with Crippen LogP contribution in [-0.2, 0) is 18.4 Å². The van der Waals surface area contributed by atoms with Crippen molar-refractivity contribution >= 4 is 39.7 Å². The molecule has 0 spiro atoms. The number of carbonyl (C=O) groups excluding carboxylic acids is 1. The third-order valence-electron chi connectivity index (χ3n) is 8.41. The second-order valence-corrected chi connectivity index (χ2v) is 23.3. The second-order valence-electron chi connectivity index (χ2n) is 13.8. The van der Waals surface area contributed by atoms with Crippen LogP contribution in [0, 0.1) is 5.92 Å². The van der Waals surface area contributed by atoms with Crippen LogP contribution in [0.15, 0.2) is 11.1 Å². The molecule has 0 bridgehead atoms. The van der Waals surface area contributed by atoms with Gasteiger partial charge in [-0.15, -0.1) is 0 Å². The monoisotopic (exact) mass is 581 g/mol. The predicted molar refractivity (Wildman–Crippen MR) is 157 cm³/mol. The van der Waals surface area contributed by atoms with Crippen molar-refractivity contribution in [3.63, 3.8) is 0 Å². The van der Waals surface area contributed by atoms with Crippen LogP contribution in [0.2, 0.25) is 36.3 Å². The Morgan fingerprint density at radius 3 is 2.13 bits per heavy atom. The van der Waals surface area contributed by atoms with Crippen LogP contribution in [0.4, 0.5) is 5.95 Å². The molecule has 0 aliphatic carbocycles. The van der Waals surface area contributed by atoms with Crippen molar-refractivity contribution in [2.24, 2.45) is 5.92 Å². The first kappa shape index (κ1) is 31.6. The normalized spacial score (nSPS) is 23.1. The van der Waals surface area contributed by atoms with E-state index in [1.807, 2.05) is 0 Å². The quantitative estimate of drug-likeness (QED) is 0.390. The maximum atomic E-state index is 12.9. The third kappa shape index (κ3) is 6.38. The number of anilines is 1. The van der Waals surface area contributed by atoms with Crippen LogP contribution in [-0.4, -0.2) is 72.1 Å². The molecule has 1 aliphatic heterocycles. The van der Waals surface area contributed by atoms with Gasteiger partial charge in [0.15, 0.2) is 34.0 Å². The number of carbonyl (C=O) groups is 1. The van der Waals surface area contributed by atoms with E-state index in [1.165, 1.54) is 6.33 Å². The van der Waals surface area contributed by atoms with Gasteiger partial charge in [0.2, 0.25) is 11.9 Å². The first-order valence-corrected chi connectivity index (χ1v) is 19.4. The first-order chi connectivity index (χ1) is 17.7. The number of imidazole rings is 1. The van der Waals surface area contributed by atoms with Crippen molar-refractivity contribution in [2.45, 2.75) is 116 Å². The van der Waals surface area contributed by atoms with E-state index in [4.69, 9.17) is 13.6 Å². The lowest BCUT2D eigenvalue weighted by Gasteiger charge is -2.44. The number of rotatable bonds is 8. The Labute approximate surface area is 233 Å². The molecule has 0 radical (unpaired) electrons. The summed E-state index contributed by atoms with van der Waals surface area (Å²) in [6.07, 6.45) is -1.06. The summed E-state index contributed by atoms with van der Waals surface area (Å²) in [6.45, 7) is 24.9. The van der Waals surface area contributed by atoms with Crippen molar-refractivity contribution in [1.82, 2.24) is 19.5 Å². The zero-order chi connectivity index (χ0) is 29.7. The number of hydrogen-bond acceptors (Lipinski definition) is 8. The zero-order valence-electron chi connectivity index (χ0n) is 25.5. The SMILES string of the molecule is CC(C)C(=O)Nc1nc2c(ncn2[C@@H]2O[C@H](CO)[C@H](O[Si](C)(C)C(C)(C)C)C2O[Si](C)(C)C(C)(C)C)c(=O)[nH]1. The van der Waals surface area contributed by atoms with Gasteiger partial charge in [-0.3, -0.25) is 24.5 Å². The number of nitrogens with one attached hydrogen (secondary N) is 2. The number of amides is 1. The lowest BCUT2D eigenvalue weighted by Crippen LogP contribution is -2.53. The molecule has 2 aromatic rings. The number of aromatic amines is 1. The standard InChI is InChI=1S/C26H47N5O6Si2/c1-15(2)21(33)29-24-28-20-17(22(34)30-24)27-14-31(20)23-19(37-39(11,12)26(6,7)8)18(16(13-32)35-23)36-38(9,10)25(3,4)5/h14-16,18-19,23,32H,13H2,1-12H3,(H2,28,29,30,33,34)/t16-,18+,19?,23-/m1/s1. The molecule has 3 rings (SSSR count). The van der Waals surface area contributed by atoms with E-state index in [-0.39, 0.29) is 45.6 Å². The minimum atomic E-state index is -2.36. The molecule has 1 aliphatic rings. The summed E-state index contributed by atoms with van der Waals surface area (Å²) in [5, 5.41) is 12.9. The molecule has 1 amide bonds. The van der Waals surface area contributed by atoms with Crippen molar-refractivity contribution in [1.29, 1.82) is 0 Å². The average molecular weight is 582 g/mol. The topological polar surface area (TPSA) is 141 Å². The van der Waals surface area contributed by atoms with Gasteiger partial charge in [0.05, 0.1) is 12.9 Å². The Hall–Kier alpha value is -1.91. The van der Waals surface area contributed by atoms with E-state index in [0.717, 1.165) is 0 Å². The average Bonchev–Trinajstić information content (AvgIpc) is 3.33. The molecule has 3 heterocycles. The van der Waals surface area contributed by atoms with E-state index in [1.54, 1.807) is 18.4 Å². The molecule has 13 heteroatoms. The highest BCUT2D eigenvalue weighted by Gasteiger charge is 2.54. The Balaban J connectivity index is 2.15. The Kier molecular flexibility index (Phi) is 8.77. The number of ether oxygens (including phenoxy) is 1. The predicted octanol–water partition coefficient (Wildman–Crippen LogP) is 4.38. The largest absolute Gasteiger partial charge is 0.408 e. The third-order valence-corrected chi connectivity index (χ3v) is 17.4. The molecule has 0 saturated carbocycles. The fourth-order valence-electron chi connectivity index (χ4n) is 3.81. The van der Waals surface area contributed by atoms with Gasteiger partial charge in [0.25, 0.3) is 5.56 Å². The number of aliphatic hydroxyl groups excluding tert-OH is 1. The molecule has 1 saturated heterocycles. The summed E-state index contributed by atoms with van der Waals surface area (Å²) in [7, 11) is -4.66. The maximum Gasteiger partial charge on any atom is 0.280 e. The minimum absolute atomic E-state index is 0.0283. The van der Waals surface area contributed by atoms with E-state index in [2.05, 4.69) is 88.0 Å². The second kappa shape index (κ2) is 10.8. The van der Waals surface area contributed by atoms with Crippen LogP contribution < -0.4 is 10.9 Å². The van der Waals surface area contributed by atoms with E-state index >= 15 is 0 Å². The number of aromatic nitrogens is 4. The van der Waals surface area contributed by atoms with Gasteiger partial charge >= 0.3 is 0 Å². The van der Waals surface area contributed by atoms with Gasteiger partial charge in [-0.2, -0.15) is 4.98 Å². The highest BCUT2D eigenvalue weighted by molar-refractivity contribution is 6.74. The van der Waals surface area contributed by atoms with Crippen molar-refractivity contribution in [3.8, 4) is 0 Å². The van der Waals surface area contributed by atoms with Gasteiger partial charge in [-0.05, 0) is 36.3 Å². The fourth-order valence-corrected chi connectivity index (χ4v) is 6.42. The summed E-state index contributed by atoms with van der Waals surface area (Å²) < 4.78 is 21.9. The molecular formula is C26H47N5O6Si2. The summed E-state index contributed by atoms with van der Waals surface area (Å²) >= 11 is 0. The molecule has 1 unspecified atom stereocenters. The number of aliphatic hydroxyl groups is 1. The van der Waals surface area contributed by atoms with Gasteiger partial charge in [-0.1, -0.05) is 55.4 Å². The van der Waals surface area contributed by atoms with Crippen molar-refractivity contribution in [3.05, 3.63) is 16.7 Å². The maximum absolute atomic E-state index is 12.9. The summed E-state index contributed by atoms with van der Waals surface area (Å²) in [4.78, 5) is 36.6. The fraction of sp³-hybridized carbons (Fsp3) is 0.769. The smallest absolute Gasteiger partial charge is 0.280 e. The van der Waals surface area contributed by atoms with Gasteiger partial charge in [-0.25, -0.2) is 4.98 Å². The molecule has 1 fully saturated rings. The van der Waals surface area contributed by atoms with E-state index in [9.17, 15) is 14.7 Å². The highest BCUT2D eigenvalue weighted by atomic mass is 28.4. The lowest BCUT2D eigenvalue weighted by atomic mass is 10.1. The van der Waals surface area contributed by atoms with Crippen LogP contribution in [0.3, 0.4) is 0 Å². The first-order valence-electron chi connectivity index (χ1n) is 13.6. The molecular weight excluding hydrogens is 534 g/mol. The Morgan fingerprint density at radius 2 is 1.64 bits per heavy atom. The number of H-pyrrole nitrogens is 1. The number of fused-ring (bicyclic) bond motifs is 1. The number of hydrogen-bond donors (Lipinski definition) is 3. The molecule has 4 atom stereocenters. The van der Waals surface area contributed by atoms with Gasteiger partial charge in [0, 0.05) is 5.92 Å². The molecule has 39 heavy (non-hydrogen) atoms. The molecule has 11 nitrogen and oxygen atoms in total. The van der Waals surface area contributed by atoms with Crippen LogP contribution in [0.25, 0.3) is 11.2 Å². The zero-order valence-corrected chi connectivity index (χ0v) is 27.5. The van der Waals surface area contributed by atoms with Gasteiger partial charge < -0.3 is 18.7 Å². The van der Waals surface area contributed by atoms with Crippen LogP contribution in [0.1, 0.15) is 61.6 Å². The summed E-state index contributed by atoms with van der Waals surface area (Å²) in [6, 6.07) is 0. The summed E-state index contributed by atoms with van der Waals surface area (Å²) in [5.74, 6) is -0.543. The van der Waals surface area contributed by atoms with Crippen molar-refractivity contribution < 1.29 is 23.5 Å². The Morgan fingerprint density at radius 1 is 1.10 bits per heavy atom. The highest BCUT2D eigenvalue weighted by Crippen LogP contribution is 2.46. The molecule has 220 valence electrons. The minimum Gasteiger partial charge on any atom is -0.408 e.